The van der Waals surface area contributed by atoms with E-state index in [-0.39, 0.29) is 6.04 Å². The van der Waals surface area contributed by atoms with E-state index in [0.29, 0.717) is 0 Å². The Kier molecular flexibility index (Phi) is 3.40. The van der Waals surface area contributed by atoms with Crippen LogP contribution in [0.25, 0.3) is 0 Å². The molecule has 1 atom stereocenters. The number of nitrogens with two attached hydrogens (primary N) is 1. The van der Waals surface area contributed by atoms with Gasteiger partial charge in [-0.05, 0) is 38.3 Å². The van der Waals surface area contributed by atoms with Crippen LogP contribution in [0, 0.1) is 0 Å². The third-order valence-electron chi connectivity index (χ3n) is 3.26. The van der Waals surface area contributed by atoms with Crippen LogP contribution in [0.15, 0.2) is 24.3 Å². The number of benzene rings is 1. The highest BCUT2D eigenvalue weighted by Gasteiger charge is 2.23. The molecule has 0 amide bonds. The SMILES string of the molecule is CC(C)(O)CCN1CC(N)Cc2ccccc21. The molecule has 0 saturated carbocycles. The minimum Gasteiger partial charge on any atom is -0.390 e. The van der Waals surface area contributed by atoms with E-state index in [2.05, 4.69) is 29.2 Å². The van der Waals surface area contributed by atoms with Crippen LogP contribution in [-0.2, 0) is 6.42 Å². The van der Waals surface area contributed by atoms with Crippen LogP contribution < -0.4 is 10.6 Å². The summed E-state index contributed by atoms with van der Waals surface area (Å²) in [6.07, 6.45) is 1.71. The fraction of sp³-hybridized carbons (Fsp3) is 0.571. The molecule has 0 bridgehead atoms. The van der Waals surface area contributed by atoms with E-state index in [1.807, 2.05) is 13.8 Å². The zero-order valence-electron chi connectivity index (χ0n) is 10.7. The number of rotatable bonds is 3. The quantitative estimate of drug-likeness (QED) is 0.834. The fourth-order valence-corrected chi connectivity index (χ4v) is 2.34. The lowest BCUT2D eigenvalue weighted by Crippen LogP contribution is -2.44. The first-order valence-electron chi connectivity index (χ1n) is 6.26. The summed E-state index contributed by atoms with van der Waals surface area (Å²) in [6.45, 7) is 5.44. The summed E-state index contributed by atoms with van der Waals surface area (Å²) in [6, 6.07) is 8.61. The molecule has 3 nitrogen and oxygen atoms in total. The smallest absolute Gasteiger partial charge is 0.0608 e. The molecule has 1 heterocycles. The van der Waals surface area contributed by atoms with Crippen molar-refractivity contribution >= 4 is 5.69 Å². The summed E-state index contributed by atoms with van der Waals surface area (Å²) in [7, 11) is 0. The lowest BCUT2D eigenvalue weighted by molar-refractivity contribution is 0.0729. The van der Waals surface area contributed by atoms with Crippen LogP contribution in [0.3, 0.4) is 0 Å². The van der Waals surface area contributed by atoms with Crippen LogP contribution >= 0.6 is 0 Å². The Morgan fingerprint density at radius 2 is 2.12 bits per heavy atom. The molecule has 0 spiro atoms. The van der Waals surface area contributed by atoms with E-state index in [0.717, 1.165) is 25.9 Å². The van der Waals surface area contributed by atoms with Gasteiger partial charge in [0, 0.05) is 24.8 Å². The van der Waals surface area contributed by atoms with Gasteiger partial charge in [-0.1, -0.05) is 18.2 Å². The van der Waals surface area contributed by atoms with Crippen LogP contribution in [-0.4, -0.2) is 29.8 Å². The Morgan fingerprint density at radius 3 is 2.82 bits per heavy atom. The highest BCUT2D eigenvalue weighted by molar-refractivity contribution is 5.56. The molecule has 17 heavy (non-hydrogen) atoms. The van der Waals surface area contributed by atoms with Gasteiger partial charge in [0.05, 0.1) is 5.60 Å². The summed E-state index contributed by atoms with van der Waals surface area (Å²) in [5, 5.41) is 9.80. The van der Waals surface area contributed by atoms with Gasteiger partial charge < -0.3 is 15.7 Å². The minimum absolute atomic E-state index is 0.201. The van der Waals surface area contributed by atoms with Crippen molar-refractivity contribution in [1.29, 1.82) is 0 Å². The molecule has 2 rings (SSSR count). The van der Waals surface area contributed by atoms with Gasteiger partial charge in [-0.15, -0.1) is 0 Å². The van der Waals surface area contributed by atoms with Gasteiger partial charge in [-0.3, -0.25) is 0 Å². The number of nitrogens with zero attached hydrogens (tertiary/aromatic N) is 1. The average molecular weight is 234 g/mol. The van der Waals surface area contributed by atoms with Crippen molar-refractivity contribution in [3.05, 3.63) is 29.8 Å². The Bertz CT molecular complexity index is 384. The molecule has 0 fully saturated rings. The zero-order valence-corrected chi connectivity index (χ0v) is 10.7. The largest absolute Gasteiger partial charge is 0.390 e. The maximum absolute atomic E-state index is 9.80. The molecule has 1 aliphatic heterocycles. The molecule has 3 heteroatoms. The number of anilines is 1. The number of hydrogen-bond donors (Lipinski definition) is 2. The number of aliphatic hydroxyl groups is 1. The fourth-order valence-electron chi connectivity index (χ4n) is 2.34. The van der Waals surface area contributed by atoms with Gasteiger partial charge in [0.1, 0.15) is 0 Å². The molecule has 1 aliphatic rings. The number of hydrogen-bond acceptors (Lipinski definition) is 3. The van der Waals surface area contributed by atoms with Crippen LogP contribution in [0.4, 0.5) is 5.69 Å². The summed E-state index contributed by atoms with van der Waals surface area (Å²) >= 11 is 0. The van der Waals surface area contributed by atoms with Crippen molar-refractivity contribution in [2.45, 2.75) is 38.3 Å². The van der Waals surface area contributed by atoms with Gasteiger partial charge in [-0.2, -0.15) is 0 Å². The van der Waals surface area contributed by atoms with E-state index in [9.17, 15) is 5.11 Å². The first-order valence-corrected chi connectivity index (χ1v) is 6.26. The van der Waals surface area contributed by atoms with Crippen molar-refractivity contribution in [2.24, 2.45) is 5.73 Å². The average Bonchev–Trinajstić information content (AvgIpc) is 2.24. The van der Waals surface area contributed by atoms with E-state index in [1.165, 1.54) is 11.3 Å². The number of fused-ring (bicyclic) bond motifs is 1. The highest BCUT2D eigenvalue weighted by atomic mass is 16.3. The van der Waals surface area contributed by atoms with Gasteiger partial charge in [0.2, 0.25) is 0 Å². The zero-order chi connectivity index (χ0) is 12.5. The van der Waals surface area contributed by atoms with E-state index < -0.39 is 5.60 Å². The summed E-state index contributed by atoms with van der Waals surface area (Å²) in [5.41, 5.74) is 8.06. The van der Waals surface area contributed by atoms with Gasteiger partial charge in [0.15, 0.2) is 0 Å². The van der Waals surface area contributed by atoms with E-state index in [1.54, 1.807) is 0 Å². The topological polar surface area (TPSA) is 49.5 Å². The molecule has 1 aromatic carbocycles. The molecule has 0 aromatic heterocycles. The van der Waals surface area contributed by atoms with Crippen LogP contribution in [0.1, 0.15) is 25.8 Å². The maximum Gasteiger partial charge on any atom is 0.0608 e. The van der Waals surface area contributed by atoms with Gasteiger partial charge in [-0.25, -0.2) is 0 Å². The van der Waals surface area contributed by atoms with Crippen molar-refractivity contribution in [3.63, 3.8) is 0 Å². The highest BCUT2D eigenvalue weighted by Crippen LogP contribution is 2.27. The number of para-hydroxylation sites is 1. The Hall–Kier alpha value is -1.06. The van der Waals surface area contributed by atoms with Gasteiger partial charge >= 0.3 is 0 Å². The normalized spacial score (nSPS) is 20.2. The van der Waals surface area contributed by atoms with Crippen molar-refractivity contribution < 1.29 is 5.11 Å². The lowest BCUT2D eigenvalue weighted by Gasteiger charge is -2.36. The molecule has 1 aromatic rings. The Morgan fingerprint density at radius 1 is 1.41 bits per heavy atom. The monoisotopic (exact) mass is 234 g/mol. The van der Waals surface area contributed by atoms with Crippen LogP contribution in [0.2, 0.25) is 0 Å². The molecule has 0 saturated heterocycles. The third-order valence-corrected chi connectivity index (χ3v) is 3.26. The van der Waals surface area contributed by atoms with Crippen molar-refractivity contribution in [1.82, 2.24) is 0 Å². The second-order valence-corrected chi connectivity index (χ2v) is 5.60. The van der Waals surface area contributed by atoms with E-state index in [4.69, 9.17) is 5.73 Å². The molecular weight excluding hydrogens is 212 g/mol. The molecule has 94 valence electrons. The second kappa shape index (κ2) is 4.67. The predicted molar refractivity (Wildman–Crippen MR) is 71.2 cm³/mol. The Labute approximate surface area is 103 Å². The predicted octanol–water partition coefficient (Wildman–Crippen LogP) is 1.54. The minimum atomic E-state index is -0.615. The maximum atomic E-state index is 9.80. The first-order chi connectivity index (χ1) is 7.96. The molecule has 1 unspecified atom stereocenters. The summed E-state index contributed by atoms with van der Waals surface area (Å²) in [5.74, 6) is 0. The van der Waals surface area contributed by atoms with Crippen molar-refractivity contribution in [2.75, 3.05) is 18.0 Å². The second-order valence-electron chi connectivity index (χ2n) is 5.60. The summed E-state index contributed by atoms with van der Waals surface area (Å²) < 4.78 is 0. The molecule has 0 radical (unpaired) electrons. The molecule has 0 aliphatic carbocycles. The third kappa shape index (κ3) is 3.20. The molecule has 3 N–H and O–H groups in total. The lowest BCUT2D eigenvalue weighted by atomic mass is 9.97. The van der Waals surface area contributed by atoms with Crippen molar-refractivity contribution in [3.8, 4) is 0 Å². The van der Waals surface area contributed by atoms with E-state index >= 15 is 0 Å². The summed E-state index contributed by atoms with van der Waals surface area (Å²) in [4.78, 5) is 2.29. The standard InChI is InChI=1S/C14H22N2O/c1-14(2,17)7-8-16-10-12(15)9-11-5-3-4-6-13(11)16/h3-6,12,17H,7-10,15H2,1-2H3. The van der Waals surface area contributed by atoms with Gasteiger partial charge in [0.25, 0.3) is 0 Å². The first kappa shape index (κ1) is 12.4. The Balaban J connectivity index is 2.13. The molecular formula is C14H22N2O. The van der Waals surface area contributed by atoms with Crippen LogP contribution in [0.5, 0.6) is 0 Å².